The van der Waals surface area contributed by atoms with E-state index in [4.69, 9.17) is 11.6 Å². The van der Waals surface area contributed by atoms with Crippen molar-refractivity contribution in [2.45, 2.75) is 42.3 Å². The first-order valence-electron chi connectivity index (χ1n) is 6.98. The minimum absolute atomic E-state index is 0.0532. The molecule has 1 N–H and O–H groups in total. The third kappa shape index (κ3) is 4.55. The van der Waals surface area contributed by atoms with E-state index in [-0.39, 0.29) is 16.7 Å². The van der Waals surface area contributed by atoms with Crippen molar-refractivity contribution in [1.82, 2.24) is 5.32 Å². The van der Waals surface area contributed by atoms with E-state index in [1.54, 1.807) is 0 Å². The van der Waals surface area contributed by atoms with Gasteiger partial charge in [-0.3, -0.25) is 4.79 Å². The van der Waals surface area contributed by atoms with Crippen molar-refractivity contribution < 1.29 is 18.0 Å². The van der Waals surface area contributed by atoms with Gasteiger partial charge in [-0.05, 0) is 43.9 Å². The van der Waals surface area contributed by atoms with Crippen LogP contribution in [0.25, 0.3) is 0 Å². The van der Waals surface area contributed by atoms with Crippen molar-refractivity contribution in [1.29, 1.82) is 5.26 Å². The van der Waals surface area contributed by atoms with Crippen molar-refractivity contribution in [2.75, 3.05) is 5.75 Å². The topological polar surface area (TPSA) is 52.9 Å². The molecule has 0 unspecified atom stereocenters. The minimum atomic E-state index is -4.54. The zero-order chi connectivity index (χ0) is 17.1. The fourth-order valence-corrected chi connectivity index (χ4v) is 3.47. The summed E-state index contributed by atoms with van der Waals surface area (Å²) in [5.74, 6) is -0.413. The molecule has 0 aliphatic heterocycles. The van der Waals surface area contributed by atoms with Gasteiger partial charge in [0.25, 0.3) is 0 Å². The second-order valence-corrected chi connectivity index (χ2v) is 6.83. The number of carbonyl (C=O) groups excluding carboxylic acids is 1. The van der Waals surface area contributed by atoms with Crippen LogP contribution in [0.15, 0.2) is 23.1 Å². The van der Waals surface area contributed by atoms with Crippen molar-refractivity contribution in [3.63, 3.8) is 0 Å². The summed E-state index contributed by atoms with van der Waals surface area (Å²) in [7, 11) is 0. The summed E-state index contributed by atoms with van der Waals surface area (Å²) in [5.41, 5.74) is -1.75. The van der Waals surface area contributed by atoms with Crippen LogP contribution in [-0.4, -0.2) is 17.2 Å². The molecule has 0 aromatic heterocycles. The fraction of sp³-hybridized carbons (Fsp3) is 0.467. The number of alkyl halides is 3. The quantitative estimate of drug-likeness (QED) is 0.807. The first-order valence-corrected chi connectivity index (χ1v) is 8.34. The summed E-state index contributed by atoms with van der Waals surface area (Å²) in [6.45, 7) is 0. The molecule has 0 spiro atoms. The Kier molecular flexibility index (Phi) is 5.48. The molecule has 1 saturated carbocycles. The van der Waals surface area contributed by atoms with Crippen LogP contribution >= 0.6 is 23.4 Å². The van der Waals surface area contributed by atoms with Crippen LogP contribution in [0, 0.1) is 11.3 Å². The largest absolute Gasteiger partial charge is 0.417 e. The Labute approximate surface area is 141 Å². The highest BCUT2D eigenvalue weighted by atomic mass is 35.5. The van der Waals surface area contributed by atoms with Crippen LogP contribution < -0.4 is 5.32 Å². The molecule has 1 aromatic rings. The van der Waals surface area contributed by atoms with Crippen LogP contribution in [0.5, 0.6) is 0 Å². The summed E-state index contributed by atoms with van der Waals surface area (Å²) >= 11 is 6.53. The number of halogens is 4. The van der Waals surface area contributed by atoms with E-state index < -0.39 is 17.3 Å². The summed E-state index contributed by atoms with van der Waals surface area (Å²) < 4.78 is 38.4. The number of hydrogen-bond acceptors (Lipinski definition) is 3. The zero-order valence-corrected chi connectivity index (χ0v) is 13.6. The molecule has 124 valence electrons. The Morgan fingerprint density at radius 1 is 1.39 bits per heavy atom. The summed E-state index contributed by atoms with van der Waals surface area (Å²) in [6, 6.07) is 5.66. The van der Waals surface area contributed by atoms with E-state index in [1.807, 2.05) is 0 Å². The van der Waals surface area contributed by atoms with Gasteiger partial charge in [0.15, 0.2) is 0 Å². The molecule has 0 heterocycles. The van der Waals surface area contributed by atoms with Gasteiger partial charge in [-0.15, -0.1) is 11.8 Å². The molecule has 0 atom stereocenters. The summed E-state index contributed by atoms with van der Waals surface area (Å²) in [4.78, 5) is 12.3. The van der Waals surface area contributed by atoms with Crippen molar-refractivity contribution >= 4 is 29.3 Å². The number of amides is 1. The van der Waals surface area contributed by atoms with Crippen molar-refractivity contribution in [3.8, 4) is 6.07 Å². The molecule has 1 aromatic carbocycles. The van der Waals surface area contributed by atoms with E-state index in [0.717, 1.165) is 30.7 Å². The molecule has 1 amide bonds. The lowest BCUT2D eigenvalue weighted by atomic mass is 10.0. The van der Waals surface area contributed by atoms with Gasteiger partial charge < -0.3 is 5.32 Å². The average molecular weight is 363 g/mol. The lowest BCUT2D eigenvalue weighted by Gasteiger charge is -2.21. The number of thioether (sulfide) groups is 1. The van der Waals surface area contributed by atoms with Gasteiger partial charge in [0, 0.05) is 4.90 Å². The maximum atomic E-state index is 12.8. The molecule has 1 fully saturated rings. The highest BCUT2D eigenvalue weighted by Crippen LogP contribution is 2.37. The number of benzene rings is 1. The smallest absolute Gasteiger partial charge is 0.337 e. The van der Waals surface area contributed by atoms with Crippen LogP contribution in [0.2, 0.25) is 5.02 Å². The molecule has 23 heavy (non-hydrogen) atoms. The molecular formula is C15H14ClF3N2OS. The van der Waals surface area contributed by atoms with E-state index in [0.29, 0.717) is 17.7 Å². The second-order valence-electron chi connectivity index (χ2n) is 5.38. The van der Waals surface area contributed by atoms with Crippen molar-refractivity contribution in [3.05, 3.63) is 28.8 Å². The van der Waals surface area contributed by atoms with E-state index >= 15 is 0 Å². The lowest BCUT2D eigenvalue weighted by molar-refractivity contribution is -0.137. The molecule has 1 aliphatic carbocycles. The Bertz CT molecular complexity index is 637. The average Bonchev–Trinajstić information content (AvgIpc) is 2.94. The lowest BCUT2D eigenvalue weighted by Crippen LogP contribution is -2.45. The van der Waals surface area contributed by atoms with E-state index in [9.17, 15) is 23.2 Å². The van der Waals surface area contributed by atoms with E-state index in [1.165, 1.54) is 12.1 Å². The third-order valence-electron chi connectivity index (χ3n) is 3.66. The van der Waals surface area contributed by atoms with Gasteiger partial charge in [0.1, 0.15) is 5.54 Å². The predicted molar refractivity (Wildman–Crippen MR) is 82.1 cm³/mol. The first kappa shape index (κ1) is 18.0. The molecule has 0 saturated heterocycles. The standard InChI is InChI=1S/C15H14ClF3N2OS/c16-12-4-3-10(7-11(12)15(17,18)19)23-8-13(22)21-14(9-20)5-1-2-6-14/h3-4,7H,1-2,5-6,8H2,(H,21,22). The molecule has 0 radical (unpaired) electrons. The highest BCUT2D eigenvalue weighted by Gasteiger charge is 2.35. The normalized spacial score (nSPS) is 16.8. The molecule has 2 rings (SSSR count). The molecule has 1 aliphatic rings. The predicted octanol–water partition coefficient (Wildman–Crippen LogP) is 4.40. The van der Waals surface area contributed by atoms with Gasteiger partial charge in [0.2, 0.25) is 5.91 Å². The number of nitrogens with zero attached hydrogens (tertiary/aromatic N) is 1. The Morgan fingerprint density at radius 2 is 2.04 bits per heavy atom. The van der Waals surface area contributed by atoms with Crippen LogP contribution in [0.4, 0.5) is 13.2 Å². The molecule has 3 nitrogen and oxygen atoms in total. The Hall–Kier alpha value is -1.39. The van der Waals surface area contributed by atoms with Gasteiger partial charge in [-0.25, -0.2) is 0 Å². The summed E-state index contributed by atoms with van der Waals surface area (Å²) in [5, 5.41) is 11.5. The minimum Gasteiger partial charge on any atom is -0.337 e. The van der Waals surface area contributed by atoms with Crippen LogP contribution in [0.3, 0.4) is 0 Å². The highest BCUT2D eigenvalue weighted by molar-refractivity contribution is 8.00. The van der Waals surface area contributed by atoms with Gasteiger partial charge in [-0.2, -0.15) is 18.4 Å². The van der Waals surface area contributed by atoms with E-state index in [2.05, 4.69) is 11.4 Å². The number of nitrogens with one attached hydrogen (secondary N) is 1. The van der Waals surface area contributed by atoms with Gasteiger partial charge in [-0.1, -0.05) is 11.6 Å². The van der Waals surface area contributed by atoms with Gasteiger partial charge >= 0.3 is 6.18 Å². The SMILES string of the molecule is N#CC1(NC(=O)CSc2ccc(Cl)c(C(F)(F)F)c2)CCCC1. The van der Waals surface area contributed by atoms with Crippen LogP contribution in [0.1, 0.15) is 31.2 Å². The van der Waals surface area contributed by atoms with Gasteiger partial charge in [0.05, 0.1) is 22.4 Å². The molecule has 8 heteroatoms. The number of hydrogen-bond donors (Lipinski definition) is 1. The fourth-order valence-electron chi connectivity index (χ4n) is 2.51. The zero-order valence-electron chi connectivity index (χ0n) is 12.0. The number of rotatable bonds is 4. The monoisotopic (exact) mass is 362 g/mol. The number of carbonyl (C=O) groups is 1. The maximum Gasteiger partial charge on any atom is 0.417 e. The second kappa shape index (κ2) is 7.02. The molecule has 0 bridgehead atoms. The third-order valence-corrected chi connectivity index (χ3v) is 4.99. The Morgan fingerprint density at radius 3 is 2.61 bits per heavy atom. The first-order chi connectivity index (χ1) is 10.8. The summed E-state index contributed by atoms with van der Waals surface area (Å²) in [6.07, 6.45) is -1.55. The van der Waals surface area contributed by atoms with Crippen LogP contribution in [-0.2, 0) is 11.0 Å². The maximum absolute atomic E-state index is 12.8. The molecular weight excluding hydrogens is 349 g/mol. The number of nitriles is 1. The Balaban J connectivity index is 1.98. The van der Waals surface area contributed by atoms with Crippen molar-refractivity contribution in [2.24, 2.45) is 0 Å².